The molecule has 2 rings (SSSR count). The first-order valence-corrected chi connectivity index (χ1v) is 6.99. The van der Waals surface area contributed by atoms with Gasteiger partial charge in [0.25, 0.3) is 0 Å². The van der Waals surface area contributed by atoms with Crippen LogP contribution in [0, 0.1) is 0 Å². The van der Waals surface area contributed by atoms with Crippen LogP contribution in [0.15, 0.2) is 12.4 Å². The monoisotopic (exact) mass is 251 g/mol. The van der Waals surface area contributed by atoms with E-state index in [4.69, 9.17) is 4.74 Å². The van der Waals surface area contributed by atoms with Crippen molar-refractivity contribution in [3.05, 3.63) is 18.0 Å². The van der Waals surface area contributed by atoms with Crippen molar-refractivity contribution < 1.29 is 4.74 Å². The van der Waals surface area contributed by atoms with Crippen LogP contribution in [0.1, 0.15) is 38.7 Å². The lowest BCUT2D eigenvalue weighted by molar-refractivity contribution is -0.0881. The maximum Gasteiger partial charge on any atom is 0.0810 e. The summed E-state index contributed by atoms with van der Waals surface area (Å²) in [7, 11) is 1.96. The first-order chi connectivity index (χ1) is 8.64. The lowest BCUT2D eigenvalue weighted by atomic mass is 9.85. The van der Waals surface area contributed by atoms with E-state index in [0.29, 0.717) is 6.04 Å². The molecule has 4 heteroatoms. The molecular formula is C14H25N3O. The van der Waals surface area contributed by atoms with Crippen LogP contribution in [0.4, 0.5) is 0 Å². The predicted molar refractivity (Wildman–Crippen MR) is 72.6 cm³/mol. The normalized spacial score (nSPS) is 26.2. The molecule has 18 heavy (non-hydrogen) atoms. The van der Waals surface area contributed by atoms with Crippen LogP contribution in [0.2, 0.25) is 0 Å². The highest BCUT2D eigenvalue weighted by molar-refractivity contribution is 5.09. The smallest absolute Gasteiger partial charge is 0.0810 e. The van der Waals surface area contributed by atoms with Gasteiger partial charge < -0.3 is 10.1 Å². The maximum atomic E-state index is 6.07. The molecule has 0 bridgehead atoms. The van der Waals surface area contributed by atoms with E-state index in [2.05, 4.69) is 30.5 Å². The Morgan fingerprint density at radius 3 is 2.94 bits per heavy atom. The Kier molecular flexibility index (Phi) is 4.40. The Balaban J connectivity index is 2.06. The standard InChI is InChI=1S/C14H25N3O/c1-4-15-13(9-12-10-16-17(3)11-12)14(2)7-5-6-8-18-14/h10-11,13,15H,4-9H2,1-3H3. The fraction of sp³-hybridized carbons (Fsp3) is 0.786. The van der Waals surface area contributed by atoms with Gasteiger partial charge in [0.1, 0.15) is 0 Å². The Labute approximate surface area is 110 Å². The van der Waals surface area contributed by atoms with Crippen LogP contribution in [0.5, 0.6) is 0 Å². The molecule has 1 aromatic rings. The highest BCUT2D eigenvalue weighted by Crippen LogP contribution is 2.29. The van der Waals surface area contributed by atoms with Crippen molar-refractivity contribution in [1.29, 1.82) is 0 Å². The molecule has 1 N–H and O–H groups in total. The van der Waals surface area contributed by atoms with Gasteiger partial charge in [-0.2, -0.15) is 5.10 Å². The molecule has 0 radical (unpaired) electrons. The van der Waals surface area contributed by atoms with Gasteiger partial charge in [0.2, 0.25) is 0 Å². The molecule has 0 amide bonds. The molecule has 1 aromatic heterocycles. The van der Waals surface area contributed by atoms with E-state index in [-0.39, 0.29) is 5.60 Å². The summed E-state index contributed by atoms with van der Waals surface area (Å²) >= 11 is 0. The quantitative estimate of drug-likeness (QED) is 0.868. The predicted octanol–water partition coefficient (Wildman–Crippen LogP) is 1.90. The van der Waals surface area contributed by atoms with Crippen LogP contribution in [-0.2, 0) is 18.2 Å². The van der Waals surface area contributed by atoms with Crippen LogP contribution in [0.25, 0.3) is 0 Å². The van der Waals surface area contributed by atoms with Crippen molar-refractivity contribution >= 4 is 0 Å². The van der Waals surface area contributed by atoms with E-state index in [1.807, 2.05) is 17.9 Å². The molecular weight excluding hydrogens is 226 g/mol. The second-order valence-electron chi connectivity index (χ2n) is 5.45. The first-order valence-electron chi connectivity index (χ1n) is 6.99. The minimum absolute atomic E-state index is 0.0376. The molecule has 0 aliphatic carbocycles. The van der Waals surface area contributed by atoms with Gasteiger partial charge in [-0.1, -0.05) is 6.92 Å². The van der Waals surface area contributed by atoms with Crippen molar-refractivity contribution in [2.75, 3.05) is 13.2 Å². The molecule has 1 aliphatic rings. The molecule has 2 heterocycles. The van der Waals surface area contributed by atoms with E-state index in [1.165, 1.54) is 18.4 Å². The summed E-state index contributed by atoms with van der Waals surface area (Å²) in [5.41, 5.74) is 1.24. The molecule has 2 atom stereocenters. The zero-order chi connectivity index (χ0) is 13.0. The van der Waals surface area contributed by atoms with Crippen molar-refractivity contribution in [2.24, 2.45) is 7.05 Å². The van der Waals surface area contributed by atoms with Crippen molar-refractivity contribution in [3.63, 3.8) is 0 Å². The minimum atomic E-state index is -0.0376. The van der Waals surface area contributed by atoms with E-state index < -0.39 is 0 Å². The zero-order valence-electron chi connectivity index (χ0n) is 11.8. The molecule has 2 unspecified atom stereocenters. The summed E-state index contributed by atoms with van der Waals surface area (Å²) in [6.07, 6.45) is 8.64. The summed E-state index contributed by atoms with van der Waals surface area (Å²) in [6.45, 7) is 6.27. The maximum absolute atomic E-state index is 6.07. The van der Waals surface area contributed by atoms with Crippen molar-refractivity contribution in [2.45, 2.75) is 51.2 Å². The van der Waals surface area contributed by atoms with E-state index in [1.54, 1.807) is 0 Å². The highest BCUT2D eigenvalue weighted by atomic mass is 16.5. The minimum Gasteiger partial charge on any atom is -0.374 e. The largest absolute Gasteiger partial charge is 0.374 e. The number of rotatable bonds is 5. The van der Waals surface area contributed by atoms with Crippen molar-refractivity contribution in [3.8, 4) is 0 Å². The number of ether oxygens (including phenoxy) is 1. The molecule has 0 aromatic carbocycles. The van der Waals surface area contributed by atoms with Crippen LogP contribution in [-0.4, -0.2) is 34.6 Å². The van der Waals surface area contributed by atoms with E-state index in [0.717, 1.165) is 26.0 Å². The van der Waals surface area contributed by atoms with Gasteiger partial charge in [0.15, 0.2) is 0 Å². The van der Waals surface area contributed by atoms with Gasteiger partial charge >= 0.3 is 0 Å². The van der Waals surface area contributed by atoms with E-state index >= 15 is 0 Å². The Bertz CT molecular complexity index is 369. The van der Waals surface area contributed by atoms with Gasteiger partial charge in [-0.25, -0.2) is 0 Å². The summed E-state index contributed by atoms with van der Waals surface area (Å²) in [5.74, 6) is 0. The highest BCUT2D eigenvalue weighted by Gasteiger charge is 2.36. The third kappa shape index (κ3) is 3.12. The molecule has 4 nitrogen and oxygen atoms in total. The molecule has 0 spiro atoms. The van der Waals surface area contributed by atoms with Crippen molar-refractivity contribution in [1.82, 2.24) is 15.1 Å². The average molecular weight is 251 g/mol. The average Bonchev–Trinajstić information content (AvgIpc) is 2.75. The number of likely N-dealkylation sites (N-methyl/N-ethyl adjacent to an activating group) is 1. The topological polar surface area (TPSA) is 39.1 Å². The van der Waals surface area contributed by atoms with Crippen LogP contribution in [0.3, 0.4) is 0 Å². The number of aromatic nitrogens is 2. The second-order valence-corrected chi connectivity index (χ2v) is 5.45. The van der Waals surface area contributed by atoms with Gasteiger partial charge in [0, 0.05) is 25.9 Å². The second kappa shape index (κ2) is 5.85. The van der Waals surface area contributed by atoms with Gasteiger partial charge in [0.05, 0.1) is 11.8 Å². The Hall–Kier alpha value is -0.870. The number of hydrogen-bond donors (Lipinski definition) is 1. The van der Waals surface area contributed by atoms with E-state index in [9.17, 15) is 0 Å². The number of nitrogens with one attached hydrogen (secondary N) is 1. The number of hydrogen-bond acceptors (Lipinski definition) is 3. The Morgan fingerprint density at radius 1 is 1.56 bits per heavy atom. The molecule has 0 saturated carbocycles. The summed E-state index contributed by atoms with van der Waals surface area (Å²) in [4.78, 5) is 0. The fourth-order valence-corrected chi connectivity index (χ4v) is 2.79. The van der Waals surface area contributed by atoms with Gasteiger partial charge in [-0.15, -0.1) is 0 Å². The fourth-order valence-electron chi connectivity index (χ4n) is 2.79. The molecule has 1 aliphatic heterocycles. The van der Waals surface area contributed by atoms with Gasteiger partial charge in [-0.3, -0.25) is 4.68 Å². The number of aryl methyl sites for hydroxylation is 1. The Morgan fingerprint density at radius 2 is 2.39 bits per heavy atom. The third-order valence-corrected chi connectivity index (χ3v) is 3.89. The zero-order valence-corrected chi connectivity index (χ0v) is 11.8. The SMILES string of the molecule is CCNC(Cc1cnn(C)c1)C1(C)CCCCO1. The lowest BCUT2D eigenvalue weighted by Crippen LogP contribution is -2.53. The molecule has 1 fully saturated rings. The summed E-state index contributed by atoms with van der Waals surface area (Å²) in [6, 6.07) is 0.368. The molecule has 102 valence electrons. The van der Waals surface area contributed by atoms with Crippen LogP contribution < -0.4 is 5.32 Å². The third-order valence-electron chi connectivity index (χ3n) is 3.89. The number of nitrogens with zero attached hydrogens (tertiary/aromatic N) is 2. The van der Waals surface area contributed by atoms with Crippen LogP contribution >= 0.6 is 0 Å². The first kappa shape index (κ1) is 13.6. The molecule has 1 saturated heterocycles. The summed E-state index contributed by atoms with van der Waals surface area (Å²) < 4.78 is 7.93. The van der Waals surface area contributed by atoms with Gasteiger partial charge in [-0.05, 0) is 44.7 Å². The lowest BCUT2D eigenvalue weighted by Gasteiger charge is -2.41. The summed E-state index contributed by atoms with van der Waals surface area (Å²) in [5, 5.41) is 7.83.